The van der Waals surface area contributed by atoms with Gasteiger partial charge in [0.2, 0.25) is 0 Å². The molecule has 144 valence electrons. The Bertz CT molecular complexity index is 770. The zero-order valence-corrected chi connectivity index (χ0v) is 15.8. The van der Waals surface area contributed by atoms with E-state index < -0.39 is 0 Å². The molecule has 1 fully saturated rings. The van der Waals surface area contributed by atoms with Gasteiger partial charge < -0.3 is 14.5 Å². The predicted octanol–water partition coefficient (Wildman–Crippen LogP) is 1.57. The Morgan fingerprint density at radius 1 is 1.15 bits per heavy atom. The van der Waals surface area contributed by atoms with E-state index in [0.717, 1.165) is 62.9 Å². The standard InChI is InChI=1S/C19H26N6O2/c1-27-19(26)24-7-4-8-25-17(15-24)13-16(21-25)14-22-9-11-23(12-10-22)18-5-2-3-6-20-18/h2-3,5-6,13H,4,7-12,14-15H2,1H3. The van der Waals surface area contributed by atoms with Crippen LogP contribution in [-0.4, -0.2) is 70.5 Å². The molecule has 1 amide bonds. The molecule has 8 nitrogen and oxygen atoms in total. The summed E-state index contributed by atoms with van der Waals surface area (Å²) in [6, 6.07) is 8.18. The van der Waals surface area contributed by atoms with Crippen LogP contribution in [0, 0.1) is 0 Å². The Morgan fingerprint density at radius 3 is 2.74 bits per heavy atom. The maximum absolute atomic E-state index is 11.9. The van der Waals surface area contributed by atoms with Crippen molar-refractivity contribution in [1.29, 1.82) is 0 Å². The van der Waals surface area contributed by atoms with Crippen molar-refractivity contribution < 1.29 is 9.53 Å². The summed E-state index contributed by atoms with van der Waals surface area (Å²) >= 11 is 0. The van der Waals surface area contributed by atoms with Gasteiger partial charge in [-0.1, -0.05) is 6.07 Å². The van der Waals surface area contributed by atoms with Crippen LogP contribution in [0.5, 0.6) is 0 Å². The van der Waals surface area contributed by atoms with E-state index in [1.54, 1.807) is 4.90 Å². The first kappa shape index (κ1) is 17.8. The summed E-state index contributed by atoms with van der Waals surface area (Å²) in [4.78, 5) is 22.8. The molecule has 1 saturated heterocycles. The van der Waals surface area contributed by atoms with Crippen molar-refractivity contribution in [3.8, 4) is 0 Å². The smallest absolute Gasteiger partial charge is 0.409 e. The molecular formula is C19H26N6O2. The number of rotatable bonds is 3. The second kappa shape index (κ2) is 7.96. The van der Waals surface area contributed by atoms with Crippen molar-refractivity contribution in [3.05, 3.63) is 41.9 Å². The topological polar surface area (TPSA) is 66.7 Å². The highest BCUT2D eigenvalue weighted by atomic mass is 16.5. The fourth-order valence-corrected chi connectivity index (χ4v) is 3.79. The first-order valence-corrected chi connectivity index (χ1v) is 9.50. The fourth-order valence-electron chi connectivity index (χ4n) is 3.79. The number of hydrogen-bond acceptors (Lipinski definition) is 6. The highest BCUT2D eigenvalue weighted by molar-refractivity contribution is 5.67. The number of ether oxygens (including phenoxy) is 1. The minimum atomic E-state index is -0.267. The average Bonchev–Trinajstić information content (AvgIpc) is 2.97. The lowest BCUT2D eigenvalue weighted by Gasteiger charge is -2.35. The van der Waals surface area contributed by atoms with Crippen LogP contribution in [-0.2, 0) is 24.4 Å². The third-order valence-corrected chi connectivity index (χ3v) is 5.23. The third kappa shape index (κ3) is 4.05. The molecule has 2 aliphatic heterocycles. The number of hydrogen-bond donors (Lipinski definition) is 0. The summed E-state index contributed by atoms with van der Waals surface area (Å²) in [7, 11) is 1.43. The SMILES string of the molecule is COC(=O)N1CCCn2nc(CN3CCN(c4ccccn4)CC3)cc2C1. The molecule has 0 spiro atoms. The number of pyridine rings is 1. The number of nitrogens with zero attached hydrogens (tertiary/aromatic N) is 6. The van der Waals surface area contributed by atoms with Crippen molar-refractivity contribution in [3.63, 3.8) is 0 Å². The molecule has 4 heterocycles. The van der Waals surface area contributed by atoms with Crippen molar-refractivity contribution in [1.82, 2.24) is 24.6 Å². The van der Waals surface area contributed by atoms with Crippen LogP contribution in [0.4, 0.5) is 10.6 Å². The number of carbonyl (C=O) groups is 1. The van der Waals surface area contributed by atoms with E-state index in [-0.39, 0.29) is 6.09 Å². The number of piperazine rings is 1. The van der Waals surface area contributed by atoms with Gasteiger partial charge in [-0.15, -0.1) is 0 Å². The molecule has 2 aliphatic rings. The summed E-state index contributed by atoms with van der Waals surface area (Å²) in [5.41, 5.74) is 2.16. The van der Waals surface area contributed by atoms with E-state index in [4.69, 9.17) is 9.84 Å². The maximum atomic E-state index is 11.9. The van der Waals surface area contributed by atoms with Crippen LogP contribution in [0.15, 0.2) is 30.5 Å². The van der Waals surface area contributed by atoms with Gasteiger partial charge in [0, 0.05) is 52.0 Å². The largest absolute Gasteiger partial charge is 0.453 e. The first-order chi connectivity index (χ1) is 13.2. The van der Waals surface area contributed by atoms with E-state index in [1.165, 1.54) is 7.11 Å². The van der Waals surface area contributed by atoms with Crippen LogP contribution >= 0.6 is 0 Å². The molecule has 27 heavy (non-hydrogen) atoms. The molecular weight excluding hydrogens is 344 g/mol. The van der Waals surface area contributed by atoms with Crippen LogP contribution in [0.3, 0.4) is 0 Å². The number of anilines is 1. The number of fused-ring (bicyclic) bond motifs is 1. The molecule has 0 atom stereocenters. The van der Waals surface area contributed by atoms with Crippen molar-refractivity contribution >= 4 is 11.9 Å². The zero-order chi connectivity index (χ0) is 18.6. The molecule has 2 aromatic heterocycles. The van der Waals surface area contributed by atoms with Crippen molar-refractivity contribution in [2.75, 3.05) is 44.7 Å². The van der Waals surface area contributed by atoms with E-state index in [9.17, 15) is 4.79 Å². The molecule has 0 radical (unpaired) electrons. The summed E-state index contributed by atoms with van der Waals surface area (Å²) in [6.45, 7) is 6.89. The van der Waals surface area contributed by atoms with Gasteiger partial charge in [-0.2, -0.15) is 5.10 Å². The average molecular weight is 370 g/mol. The summed E-state index contributed by atoms with van der Waals surface area (Å²) < 4.78 is 6.92. The van der Waals surface area contributed by atoms with E-state index >= 15 is 0 Å². The van der Waals surface area contributed by atoms with Gasteiger partial charge in [-0.05, 0) is 24.6 Å². The number of aromatic nitrogens is 3. The van der Waals surface area contributed by atoms with Crippen molar-refractivity contribution in [2.24, 2.45) is 0 Å². The van der Waals surface area contributed by atoms with E-state index in [2.05, 4.69) is 26.9 Å². The van der Waals surface area contributed by atoms with Gasteiger partial charge >= 0.3 is 6.09 Å². The number of amides is 1. The first-order valence-electron chi connectivity index (χ1n) is 9.50. The Kier molecular flexibility index (Phi) is 5.24. The molecule has 2 aromatic rings. The molecule has 0 saturated carbocycles. The molecule has 0 aromatic carbocycles. The zero-order valence-electron chi connectivity index (χ0n) is 15.8. The minimum absolute atomic E-state index is 0.267. The number of aryl methyl sites for hydroxylation is 1. The lowest BCUT2D eigenvalue weighted by molar-refractivity contribution is 0.121. The number of carbonyl (C=O) groups excluding carboxylic acids is 1. The van der Waals surface area contributed by atoms with Gasteiger partial charge in [-0.3, -0.25) is 9.58 Å². The van der Waals surface area contributed by atoms with Crippen LogP contribution in [0.2, 0.25) is 0 Å². The van der Waals surface area contributed by atoms with Gasteiger partial charge in [0.25, 0.3) is 0 Å². The van der Waals surface area contributed by atoms with E-state index in [0.29, 0.717) is 13.1 Å². The molecule has 8 heteroatoms. The molecule has 4 rings (SSSR count). The van der Waals surface area contributed by atoms with Crippen LogP contribution in [0.1, 0.15) is 17.8 Å². The van der Waals surface area contributed by atoms with Crippen LogP contribution < -0.4 is 4.90 Å². The Balaban J connectivity index is 1.35. The Morgan fingerprint density at radius 2 is 2.00 bits per heavy atom. The lowest BCUT2D eigenvalue weighted by atomic mass is 10.2. The Hall–Kier alpha value is -2.61. The Labute approximate surface area is 159 Å². The van der Waals surface area contributed by atoms with Crippen molar-refractivity contribution in [2.45, 2.75) is 26.1 Å². The summed E-state index contributed by atoms with van der Waals surface area (Å²) in [5.74, 6) is 1.05. The highest BCUT2D eigenvalue weighted by Crippen LogP contribution is 2.17. The molecule has 0 N–H and O–H groups in total. The fraction of sp³-hybridized carbons (Fsp3) is 0.526. The maximum Gasteiger partial charge on any atom is 0.409 e. The minimum Gasteiger partial charge on any atom is -0.453 e. The summed E-state index contributed by atoms with van der Waals surface area (Å²) in [6.07, 6.45) is 2.47. The molecule has 0 unspecified atom stereocenters. The monoisotopic (exact) mass is 370 g/mol. The van der Waals surface area contributed by atoms with Crippen LogP contribution in [0.25, 0.3) is 0 Å². The van der Waals surface area contributed by atoms with Gasteiger partial charge in [0.05, 0.1) is 25.0 Å². The number of methoxy groups -OCH3 is 1. The molecule has 0 aliphatic carbocycles. The van der Waals surface area contributed by atoms with Gasteiger partial charge in [0.1, 0.15) is 5.82 Å². The highest BCUT2D eigenvalue weighted by Gasteiger charge is 2.23. The second-order valence-electron chi connectivity index (χ2n) is 7.05. The quantitative estimate of drug-likeness (QED) is 0.817. The normalized spacial score (nSPS) is 18.1. The van der Waals surface area contributed by atoms with Gasteiger partial charge in [0.15, 0.2) is 0 Å². The van der Waals surface area contributed by atoms with Gasteiger partial charge in [-0.25, -0.2) is 9.78 Å². The summed E-state index contributed by atoms with van der Waals surface area (Å²) in [5, 5.41) is 4.77. The second-order valence-corrected chi connectivity index (χ2v) is 7.05. The van der Waals surface area contributed by atoms with E-state index in [1.807, 2.05) is 23.0 Å². The third-order valence-electron chi connectivity index (χ3n) is 5.23. The molecule has 0 bridgehead atoms. The lowest BCUT2D eigenvalue weighted by Crippen LogP contribution is -2.46. The predicted molar refractivity (Wildman–Crippen MR) is 101 cm³/mol.